The molecule has 216 valence electrons. The molecule has 0 bridgehead atoms. The van der Waals surface area contributed by atoms with Crippen LogP contribution in [-0.4, -0.2) is 82.6 Å². The van der Waals surface area contributed by atoms with Crippen molar-refractivity contribution in [3.8, 4) is 0 Å². The number of carbonyl (C=O) groups excluding carboxylic acids is 5. The third-order valence-corrected chi connectivity index (χ3v) is 8.22. The Hall–Kier alpha value is -4.21. The van der Waals surface area contributed by atoms with E-state index in [2.05, 4.69) is 16.0 Å². The molecule has 5 rings (SSSR count). The molecule has 10 heteroatoms. The Bertz CT molecular complexity index is 1290. The average molecular weight is 560 g/mol. The van der Waals surface area contributed by atoms with Gasteiger partial charge in [-0.3, -0.25) is 24.0 Å². The molecule has 5 amide bonds. The van der Waals surface area contributed by atoms with Gasteiger partial charge in [-0.2, -0.15) is 0 Å². The minimum Gasteiger partial charge on any atom is -0.343 e. The van der Waals surface area contributed by atoms with Crippen LogP contribution in [0.1, 0.15) is 43.7 Å². The predicted octanol–water partition coefficient (Wildman–Crippen LogP) is 0.942. The Labute approximate surface area is 239 Å². The van der Waals surface area contributed by atoms with Gasteiger partial charge in [0, 0.05) is 25.9 Å². The Morgan fingerprint density at radius 1 is 0.610 bits per heavy atom. The van der Waals surface area contributed by atoms with Gasteiger partial charge in [-0.05, 0) is 43.7 Å². The Balaban J connectivity index is 1.49. The van der Waals surface area contributed by atoms with Crippen LogP contribution in [-0.2, 0) is 36.8 Å². The van der Waals surface area contributed by atoms with Crippen molar-refractivity contribution in [1.29, 1.82) is 0 Å². The molecule has 41 heavy (non-hydrogen) atoms. The van der Waals surface area contributed by atoms with E-state index in [0.717, 1.165) is 11.1 Å². The highest BCUT2D eigenvalue weighted by Gasteiger charge is 2.42. The third-order valence-electron chi connectivity index (χ3n) is 8.22. The van der Waals surface area contributed by atoms with E-state index in [9.17, 15) is 24.0 Å². The minimum absolute atomic E-state index is 0.239. The number of rotatable bonds is 4. The largest absolute Gasteiger partial charge is 0.343 e. The summed E-state index contributed by atoms with van der Waals surface area (Å²) in [6.07, 6.45) is 2.68. The van der Waals surface area contributed by atoms with Crippen LogP contribution in [0.5, 0.6) is 0 Å². The second kappa shape index (κ2) is 12.5. The molecule has 3 N–H and O–H groups in total. The first-order valence-corrected chi connectivity index (χ1v) is 14.4. The highest BCUT2D eigenvalue weighted by Crippen LogP contribution is 2.23. The molecule has 2 aromatic rings. The van der Waals surface area contributed by atoms with Crippen molar-refractivity contribution in [2.45, 2.75) is 75.7 Å². The van der Waals surface area contributed by atoms with Gasteiger partial charge in [0.15, 0.2) is 0 Å². The number of hydrogen-bond donors (Lipinski definition) is 3. The van der Waals surface area contributed by atoms with Crippen LogP contribution in [0, 0.1) is 0 Å². The summed E-state index contributed by atoms with van der Waals surface area (Å²) in [7, 11) is 0. The number of nitrogens with one attached hydrogen (secondary N) is 3. The lowest BCUT2D eigenvalue weighted by Crippen LogP contribution is -2.57. The summed E-state index contributed by atoms with van der Waals surface area (Å²) in [6, 6.07) is 14.5. The first-order valence-electron chi connectivity index (χ1n) is 14.4. The fourth-order valence-corrected chi connectivity index (χ4v) is 6.05. The first-order chi connectivity index (χ1) is 19.8. The number of benzene rings is 2. The quantitative estimate of drug-likeness (QED) is 0.514. The van der Waals surface area contributed by atoms with Crippen LogP contribution in [0.4, 0.5) is 0 Å². The Morgan fingerprint density at radius 3 is 1.49 bits per heavy atom. The summed E-state index contributed by atoms with van der Waals surface area (Å²) in [6.45, 7) is 2.32. The summed E-state index contributed by atoms with van der Waals surface area (Å²) in [4.78, 5) is 71.1. The first kappa shape index (κ1) is 28.3. The van der Waals surface area contributed by atoms with Crippen LogP contribution in [0.25, 0.3) is 0 Å². The molecule has 0 unspecified atom stereocenters. The SMILES string of the molecule is C[C@H]1NC(=O)[C@H]2CCCN2C(=O)[C@H](Cc2ccccc2)NC(=O)[C@H]2CCCN2C(=O)[C@@H](Cc2ccccc2)NC1=O. The van der Waals surface area contributed by atoms with Gasteiger partial charge in [0.2, 0.25) is 29.5 Å². The van der Waals surface area contributed by atoms with Gasteiger partial charge < -0.3 is 25.8 Å². The number of amides is 5. The van der Waals surface area contributed by atoms with E-state index in [4.69, 9.17) is 0 Å². The molecule has 0 aliphatic carbocycles. The molecule has 3 fully saturated rings. The monoisotopic (exact) mass is 559 g/mol. The van der Waals surface area contributed by atoms with Gasteiger partial charge in [0.1, 0.15) is 30.2 Å². The second-order valence-electron chi connectivity index (χ2n) is 11.1. The van der Waals surface area contributed by atoms with Crippen molar-refractivity contribution in [1.82, 2.24) is 25.8 Å². The zero-order valence-corrected chi connectivity index (χ0v) is 23.3. The van der Waals surface area contributed by atoms with Crippen molar-refractivity contribution in [2.75, 3.05) is 13.1 Å². The lowest BCUT2D eigenvalue weighted by Gasteiger charge is -2.31. The number of fused-ring (bicyclic) bond motifs is 2. The fraction of sp³-hybridized carbons (Fsp3) is 0.452. The standard InChI is InChI=1S/C31H37N5O5/c1-20-27(37)33-23(18-21-10-4-2-5-11-21)30(40)36-17-9-15-26(36)29(39)34-24(19-22-12-6-3-7-13-22)31(41)35-16-8-14-25(35)28(38)32-20/h2-7,10-13,20,23-26H,8-9,14-19H2,1H3,(H,32,38)(H,33,37)(H,34,39)/t20-,23-,24+,25-,26-/m1/s1. The zero-order valence-electron chi connectivity index (χ0n) is 23.3. The van der Waals surface area contributed by atoms with Crippen molar-refractivity contribution < 1.29 is 24.0 Å². The maximum absolute atomic E-state index is 13.9. The molecule has 2 aromatic carbocycles. The Morgan fingerprint density at radius 2 is 1.02 bits per heavy atom. The molecule has 3 heterocycles. The smallest absolute Gasteiger partial charge is 0.246 e. The molecule has 0 spiro atoms. The van der Waals surface area contributed by atoms with E-state index in [1.165, 1.54) is 9.80 Å². The van der Waals surface area contributed by atoms with E-state index in [0.29, 0.717) is 38.8 Å². The molecule has 3 saturated heterocycles. The molecule has 0 radical (unpaired) electrons. The number of carbonyl (C=O) groups is 5. The summed E-state index contributed by atoms with van der Waals surface area (Å²) in [5.41, 5.74) is 1.73. The Kier molecular flexibility index (Phi) is 8.66. The molecule has 5 atom stereocenters. The summed E-state index contributed by atoms with van der Waals surface area (Å²) >= 11 is 0. The fourth-order valence-electron chi connectivity index (χ4n) is 6.05. The number of hydrogen-bond acceptors (Lipinski definition) is 5. The summed E-state index contributed by atoms with van der Waals surface area (Å²) in [5, 5.41) is 8.53. The van der Waals surface area contributed by atoms with Gasteiger partial charge in [0.05, 0.1) is 0 Å². The summed E-state index contributed by atoms with van der Waals surface area (Å²) < 4.78 is 0. The van der Waals surface area contributed by atoms with Crippen LogP contribution in [0.2, 0.25) is 0 Å². The van der Waals surface area contributed by atoms with E-state index in [-0.39, 0.29) is 24.7 Å². The molecule has 0 saturated carbocycles. The van der Waals surface area contributed by atoms with Crippen molar-refractivity contribution in [3.05, 3.63) is 71.8 Å². The molecule has 3 aliphatic rings. The normalized spacial score (nSPS) is 27.7. The van der Waals surface area contributed by atoms with Crippen LogP contribution in [0.3, 0.4) is 0 Å². The second-order valence-corrected chi connectivity index (χ2v) is 11.1. The van der Waals surface area contributed by atoms with E-state index >= 15 is 0 Å². The van der Waals surface area contributed by atoms with Crippen molar-refractivity contribution in [2.24, 2.45) is 0 Å². The third kappa shape index (κ3) is 6.42. The molecule has 0 aromatic heterocycles. The number of nitrogens with zero attached hydrogens (tertiary/aromatic N) is 2. The van der Waals surface area contributed by atoms with Crippen LogP contribution < -0.4 is 16.0 Å². The molecule has 10 nitrogen and oxygen atoms in total. The topological polar surface area (TPSA) is 128 Å². The van der Waals surface area contributed by atoms with Gasteiger partial charge in [-0.25, -0.2) is 0 Å². The molecular weight excluding hydrogens is 522 g/mol. The van der Waals surface area contributed by atoms with Gasteiger partial charge in [-0.15, -0.1) is 0 Å². The van der Waals surface area contributed by atoms with E-state index < -0.39 is 47.9 Å². The van der Waals surface area contributed by atoms with Gasteiger partial charge in [0.25, 0.3) is 0 Å². The highest BCUT2D eigenvalue weighted by atomic mass is 16.2. The molecular formula is C31H37N5O5. The lowest BCUT2D eigenvalue weighted by molar-refractivity contribution is -0.143. The van der Waals surface area contributed by atoms with Gasteiger partial charge in [-0.1, -0.05) is 60.7 Å². The lowest BCUT2D eigenvalue weighted by atomic mass is 10.0. The van der Waals surface area contributed by atoms with Crippen molar-refractivity contribution >= 4 is 29.5 Å². The predicted molar refractivity (Wildman–Crippen MR) is 151 cm³/mol. The van der Waals surface area contributed by atoms with E-state index in [1.807, 2.05) is 60.7 Å². The van der Waals surface area contributed by atoms with Crippen molar-refractivity contribution in [3.63, 3.8) is 0 Å². The highest BCUT2D eigenvalue weighted by molar-refractivity contribution is 5.98. The average Bonchev–Trinajstić information content (AvgIpc) is 3.67. The minimum atomic E-state index is -0.925. The summed E-state index contributed by atoms with van der Waals surface area (Å²) in [5.74, 6) is -2.03. The maximum Gasteiger partial charge on any atom is 0.246 e. The zero-order chi connectivity index (χ0) is 28.9. The van der Waals surface area contributed by atoms with Crippen LogP contribution in [0.15, 0.2) is 60.7 Å². The maximum atomic E-state index is 13.9. The van der Waals surface area contributed by atoms with E-state index in [1.54, 1.807) is 6.92 Å². The van der Waals surface area contributed by atoms with Gasteiger partial charge >= 0.3 is 0 Å². The molecule has 3 aliphatic heterocycles. The van der Waals surface area contributed by atoms with Crippen LogP contribution >= 0.6 is 0 Å².